The van der Waals surface area contributed by atoms with Gasteiger partial charge in [-0.25, -0.2) is 0 Å². The van der Waals surface area contributed by atoms with Crippen LogP contribution in [0.5, 0.6) is 0 Å². The van der Waals surface area contributed by atoms with Crippen molar-refractivity contribution >= 4 is 70.6 Å². The van der Waals surface area contributed by atoms with E-state index >= 15 is 0 Å². The molecule has 0 radical (unpaired) electrons. The SMILES string of the molecule is c1ccc(-c2ccc(-n3c4ccccc4c4cc(-c5ccc6c(c5)c5cccc7c8ccsc8n6c57)ccc43)cc2)cc1. The molecule has 10 aromatic rings. The van der Waals surface area contributed by atoms with Crippen LogP contribution >= 0.6 is 11.3 Å². The lowest BCUT2D eigenvalue weighted by molar-refractivity contribution is 1.18. The number of hydrogen-bond donors (Lipinski definition) is 0. The van der Waals surface area contributed by atoms with Gasteiger partial charge in [0.15, 0.2) is 0 Å². The summed E-state index contributed by atoms with van der Waals surface area (Å²) in [6, 6.07) is 51.2. The van der Waals surface area contributed by atoms with Crippen molar-refractivity contribution in [2.75, 3.05) is 0 Å². The summed E-state index contributed by atoms with van der Waals surface area (Å²) in [7, 11) is 0. The zero-order valence-electron chi connectivity index (χ0n) is 23.2. The van der Waals surface area contributed by atoms with Crippen LogP contribution in [0.25, 0.3) is 87.2 Å². The van der Waals surface area contributed by atoms with E-state index in [0.717, 1.165) is 0 Å². The highest BCUT2D eigenvalue weighted by molar-refractivity contribution is 7.17. The Labute approximate surface area is 251 Å². The van der Waals surface area contributed by atoms with Crippen molar-refractivity contribution in [2.45, 2.75) is 0 Å². The second kappa shape index (κ2) is 8.57. The summed E-state index contributed by atoms with van der Waals surface area (Å²) < 4.78 is 4.86. The maximum Gasteiger partial charge on any atom is 0.108 e. The molecule has 10 rings (SSSR count). The molecule has 0 amide bonds. The minimum Gasteiger partial charge on any atom is -0.309 e. The number of nitrogens with zero attached hydrogens (tertiary/aromatic N) is 2. The largest absolute Gasteiger partial charge is 0.309 e. The van der Waals surface area contributed by atoms with Crippen molar-refractivity contribution in [3.8, 4) is 27.9 Å². The number of aromatic nitrogens is 2. The van der Waals surface area contributed by atoms with Crippen LogP contribution in [0.4, 0.5) is 0 Å². The highest BCUT2D eigenvalue weighted by atomic mass is 32.1. The Bertz CT molecular complexity index is 2650. The van der Waals surface area contributed by atoms with Crippen molar-refractivity contribution in [1.29, 1.82) is 0 Å². The molecule has 0 aliphatic heterocycles. The van der Waals surface area contributed by atoms with Gasteiger partial charge in [-0.3, -0.25) is 4.40 Å². The number of para-hydroxylation sites is 2. The lowest BCUT2D eigenvalue weighted by Crippen LogP contribution is -1.93. The molecule has 0 aliphatic carbocycles. The van der Waals surface area contributed by atoms with E-state index in [9.17, 15) is 0 Å². The lowest BCUT2D eigenvalue weighted by Gasteiger charge is -2.10. The fraction of sp³-hybridized carbons (Fsp3) is 0. The van der Waals surface area contributed by atoms with Crippen molar-refractivity contribution in [1.82, 2.24) is 8.97 Å². The molecule has 4 aromatic heterocycles. The molecule has 0 bridgehead atoms. The Morgan fingerprint density at radius 3 is 1.81 bits per heavy atom. The minimum absolute atomic E-state index is 1.17. The zero-order valence-corrected chi connectivity index (χ0v) is 24.0. The molecule has 0 N–H and O–H groups in total. The van der Waals surface area contributed by atoms with E-state index < -0.39 is 0 Å². The molecule has 0 aliphatic rings. The van der Waals surface area contributed by atoms with Gasteiger partial charge in [-0.15, -0.1) is 11.3 Å². The van der Waals surface area contributed by atoms with Gasteiger partial charge in [-0.1, -0.05) is 91.0 Å². The average molecular weight is 565 g/mol. The van der Waals surface area contributed by atoms with Crippen molar-refractivity contribution in [3.05, 3.63) is 145 Å². The Morgan fingerprint density at radius 1 is 0.395 bits per heavy atom. The summed E-state index contributed by atoms with van der Waals surface area (Å²) in [5.74, 6) is 0. The third kappa shape index (κ3) is 3.17. The van der Waals surface area contributed by atoms with Gasteiger partial charge in [0, 0.05) is 38.0 Å². The van der Waals surface area contributed by atoms with E-state index in [1.54, 1.807) is 0 Å². The Kier molecular flexibility index (Phi) is 4.63. The molecule has 0 fully saturated rings. The highest BCUT2D eigenvalue weighted by Crippen LogP contribution is 2.42. The molecule has 3 heteroatoms. The molecule has 0 spiro atoms. The van der Waals surface area contributed by atoms with Crippen LogP contribution in [0.15, 0.2) is 145 Å². The van der Waals surface area contributed by atoms with E-state index in [0.29, 0.717) is 0 Å². The van der Waals surface area contributed by atoms with Crippen molar-refractivity contribution in [3.63, 3.8) is 0 Å². The second-order valence-corrected chi connectivity index (χ2v) is 12.3. The van der Waals surface area contributed by atoms with Gasteiger partial charge in [-0.05, 0) is 76.2 Å². The summed E-state index contributed by atoms with van der Waals surface area (Å²) in [5.41, 5.74) is 11.2. The predicted molar refractivity (Wildman–Crippen MR) is 184 cm³/mol. The van der Waals surface area contributed by atoms with Crippen LogP contribution in [-0.4, -0.2) is 8.97 Å². The number of hydrogen-bond acceptors (Lipinski definition) is 1. The molecule has 4 heterocycles. The molecule has 2 nitrogen and oxygen atoms in total. The normalized spacial score (nSPS) is 12.2. The molecule has 0 atom stereocenters. The molecule has 0 unspecified atom stereocenters. The third-order valence-corrected chi connectivity index (χ3v) is 10.1. The Hall–Kier alpha value is -5.38. The van der Waals surface area contributed by atoms with Crippen LogP contribution in [0.1, 0.15) is 0 Å². The summed E-state index contributed by atoms with van der Waals surface area (Å²) in [4.78, 5) is 1.33. The monoisotopic (exact) mass is 564 g/mol. The lowest BCUT2D eigenvalue weighted by atomic mass is 10.00. The van der Waals surface area contributed by atoms with Gasteiger partial charge < -0.3 is 4.57 Å². The third-order valence-electron chi connectivity index (χ3n) is 9.16. The van der Waals surface area contributed by atoms with Gasteiger partial charge in [-0.2, -0.15) is 0 Å². The molecule has 200 valence electrons. The highest BCUT2D eigenvalue weighted by Gasteiger charge is 2.19. The minimum atomic E-state index is 1.17. The predicted octanol–water partition coefficient (Wildman–Crippen LogP) is 11.3. The van der Waals surface area contributed by atoms with Crippen molar-refractivity contribution in [2.24, 2.45) is 0 Å². The fourth-order valence-corrected chi connectivity index (χ4v) is 8.15. The average Bonchev–Trinajstić information content (AvgIpc) is 3.83. The van der Waals surface area contributed by atoms with E-state index in [-0.39, 0.29) is 0 Å². The van der Waals surface area contributed by atoms with Gasteiger partial charge in [0.2, 0.25) is 0 Å². The van der Waals surface area contributed by atoms with Gasteiger partial charge in [0.25, 0.3) is 0 Å². The van der Waals surface area contributed by atoms with Gasteiger partial charge in [0.05, 0.1) is 22.1 Å². The van der Waals surface area contributed by atoms with E-state index in [2.05, 4.69) is 154 Å². The first-order valence-electron chi connectivity index (χ1n) is 14.7. The van der Waals surface area contributed by atoms with Crippen LogP contribution in [0.3, 0.4) is 0 Å². The Morgan fingerprint density at radius 2 is 1.00 bits per heavy atom. The van der Waals surface area contributed by atoms with Crippen LogP contribution in [0.2, 0.25) is 0 Å². The van der Waals surface area contributed by atoms with E-state index in [1.807, 2.05) is 11.3 Å². The number of rotatable bonds is 3. The van der Waals surface area contributed by atoms with Crippen LogP contribution < -0.4 is 0 Å². The molecule has 6 aromatic carbocycles. The summed E-state index contributed by atoms with van der Waals surface area (Å²) in [6.07, 6.45) is 0. The smallest absolute Gasteiger partial charge is 0.108 e. The second-order valence-electron chi connectivity index (χ2n) is 11.4. The molecular weight excluding hydrogens is 541 g/mol. The summed E-state index contributed by atoms with van der Waals surface area (Å²) in [5, 5.41) is 10.1. The van der Waals surface area contributed by atoms with E-state index in [4.69, 9.17) is 0 Å². The first kappa shape index (κ1) is 23.2. The fourth-order valence-electron chi connectivity index (χ4n) is 7.22. The maximum absolute atomic E-state index is 2.46. The number of fused-ring (bicyclic) bond motifs is 9. The maximum atomic E-state index is 2.46. The van der Waals surface area contributed by atoms with Crippen molar-refractivity contribution < 1.29 is 0 Å². The topological polar surface area (TPSA) is 9.34 Å². The van der Waals surface area contributed by atoms with E-state index in [1.165, 1.54) is 87.2 Å². The molecular formula is C40H24N2S. The molecule has 43 heavy (non-hydrogen) atoms. The van der Waals surface area contributed by atoms with Crippen LogP contribution in [0, 0.1) is 0 Å². The molecule has 0 saturated carbocycles. The number of thiophene rings is 1. The zero-order chi connectivity index (χ0) is 28.1. The number of benzene rings is 6. The first-order chi connectivity index (χ1) is 21.3. The molecule has 0 saturated heterocycles. The van der Waals surface area contributed by atoms with Gasteiger partial charge in [0.1, 0.15) is 4.83 Å². The summed E-state index contributed by atoms with van der Waals surface area (Å²) in [6.45, 7) is 0. The first-order valence-corrected chi connectivity index (χ1v) is 15.6. The standard InChI is InChI=1S/C40H24N2S/c1-2-7-25(8-3-1)26-13-17-29(18-14-26)41-36-12-5-4-9-30(36)34-23-27(15-19-37(34)41)28-16-20-38-35(24-28)32-11-6-10-31-33-21-22-43-40(33)42(38)39(31)32/h1-24H. The van der Waals surface area contributed by atoms with Crippen LogP contribution in [-0.2, 0) is 0 Å². The van der Waals surface area contributed by atoms with Gasteiger partial charge >= 0.3 is 0 Å². The Balaban J connectivity index is 1.15. The summed E-state index contributed by atoms with van der Waals surface area (Å²) >= 11 is 1.82. The quantitative estimate of drug-likeness (QED) is 0.202.